The van der Waals surface area contributed by atoms with E-state index in [1.54, 1.807) is 0 Å². The molecule has 1 aromatic carbocycles. The molecule has 0 aromatic heterocycles. The van der Waals surface area contributed by atoms with E-state index in [0.29, 0.717) is 0 Å². The van der Waals surface area contributed by atoms with E-state index in [0.717, 1.165) is 24.2 Å². The average Bonchev–Trinajstić information content (AvgIpc) is 2.13. The van der Waals surface area contributed by atoms with Crippen LogP contribution in [0.4, 0.5) is 0 Å². The molecule has 15 heavy (non-hydrogen) atoms. The molecule has 1 aliphatic rings. The molecule has 0 atom stereocenters. The number of benzene rings is 1. The van der Waals surface area contributed by atoms with Crippen LogP contribution in [0, 0.1) is 6.92 Å². The van der Waals surface area contributed by atoms with Crippen molar-refractivity contribution < 1.29 is 9.90 Å². The molecule has 0 amide bonds. The van der Waals surface area contributed by atoms with Crippen molar-refractivity contribution in [1.82, 2.24) is 0 Å². The lowest BCUT2D eigenvalue weighted by molar-refractivity contribution is -0.142. The highest BCUT2D eigenvalue weighted by atomic mass is 32.2. The van der Waals surface area contributed by atoms with Crippen LogP contribution in [0.3, 0.4) is 0 Å². The number of aryl methyl sites for hydroxylation is 1. The van der Waals surface area contributed by atoms with Crippen molar-refractivity contribution >= 4 is 17.7 Å². The molecule has 1 aliphatic carbocycles. The maximum absolute atomic E-state index is 11.2. The van der Waals surface area contributed by atoms with Crippen molar-refractivity contribution in [3.63, 3.8) is 0 Å². The van der Waals surface area contributed by atoms with Crippen LogP contribution in [0.25, 0.3) is 0 Å². The van der Waals surface area contributed by atoms with Crippen LogP contribution in [-0.2, 0) is 4.79 Å². The smallest absolute Gasteiger partial charge is 0.320 e. The van der Waals surface area contributed by atoms with Gasteiger partial charge in [-0.15, -0.1) is 11.8 Å². The summed E-state index contributed by atoms with van der Waals surface area (Å²) < 4.78 is -0.546. The summed E-state index contributed by atoms with van der Waals surface area (Å²) in [6.07, 6.45) is 2.62. The molecule has 80 valence electrons. The standard InChI is InChI=1S/C12H14O2S/c1-9-3-5-10(6-4-9)15-12(11(13)14)7-2-8-12/h3-6H,2,7-8H2,1H3,(H,13,14). The van der Waals surface area contributed by atoms with Gasteiger partial charge in [-0.1, -0.05) is 17.7 Å². The van der Waals surface area contributed by atoms with Crippen molar-refractivity contribution in [2.24, 2.45) is 0 Å². The molecule has 2 nitrogen and oxygen atoms in total. The van der Waals surface area contributed by atoms with E-state index in [4.69, 9.17) is 0 Å². The lowest BCUT2D eigenvalue weighted by atomic mass is 9.84. The zero-order valence-corrected chi connectivity index (χ0v) is 9.51. The molecule has 3 heteroatoms. The van der Waals surface area contributed by atoms with Gasteiger partial charge >= 0.3 is 5.97 Å². The predicted molar refractivity (Wildman–Crippen MR) is 61.3 cm³/mol. The third-order valence-corrected chi connectivity index (χ3v) is 4.37. The third kappa shape index (κ3) is 2.02. The van der Waals surface area contributed by atoms with Crippen molar-refractivity contribution in [3.8, 4) is 0 Å². The second kappa shape index (κ2) is 3.89. The van der Waals surface area contributed by atoms with Gasteiger partial charge in [0.15, 0.2) is 0 Å². The summed E-state index contributed by atoms with van der Waals surface area (Å²) >= 11 is 1.50. The number of hydrogen-bond acceptors (Lipinski definition) is 2. The first-order chi connectivity index (χ1) is 7.12. The summed E-state index contributed by atoms with van der Waals surface area (Å²) in [6, 6.07) is 8.05. The van der Waals surface area contributed by atoms with E-state index in [9.17, 15) is 9.90 Å². The largest absolute Gasteiger partial charge is 0.480 e. The van der Waals surface area contributed by atoms with Gasteiger partial charge in [0.25, 0.3) is 0 Å². The Morgan fingerprint density at radius 1 is 1.33 bits per heavy atom. The van der Waals surface area contributed by atoms with E-state index < -0.39 is 10.7 Å². The minimum Gasteiger partial charge on any atom is -0.480 e. The number of carboxylic acids is 1. The van der Waals surface area contributed by atoms with E-state index in [1.165, 1.54) is 17.3 Å². The molecule has 0 unspecified atom stereocenters. The maximum Gasteiger partial charge on any atom is 0.320 e. The summed E-state index contributed by atoms with van der Waals surface area (Å²) in [4.78, 5) is 12.2. The van der Waals surface area contributed by atoms with Crippen LogP contribution in [0.5, 0.6) is 0 Å². The van der Waals surface area contributed by atoms with Crippen LogP contribution in [0.2, 0.25) is 0 Å². The van der Waals surface area contributed by atoms with Crippen molar-refractivity contribution in [2.75, 3.05) is 0 Å². The normalized spacial score (nSPS) is 18.2. The fraction of sp³-hybridized carbons (Fsp3) is 0.417. The Hall–Kier alpha value is -0.960. The summed E-state index contributed by atoms with van der Waals surface area (Å²) in [6.45, 7) is 2.03. The van der Waals surface area contributed by atoms with Gasteiger partial charge in [-0.3, -0.25) is 4.79 Å². The molecule has 0 radical (unpaired) electrons. The Labute approximate surface area is 93.7 Å². The lowest BCUT2D eigenvalue weighted by Crippen LogP contribution is -2.41. The number of carboxylic acid groups (broad SMARTS) is 1. The zero-order valence-electron chi connectivity index (χ0n) is 8.69. The average molecular weight is 222 g/mol. The van der Waals surface area contributed by atoms with Crippen molar-refractivity contribution in [1.29, 1.82) is 0 Å². The minimum absolute atomic E-state index is 0.546. The van der Waals surface area contributed by atoms with Crippen molar-refractivity contribution in [2.45, 2.75) is 35.8 Å². The monoisotopic (exact) mass is 222 g/mol. The molecular formula is C12H14O2S. The summed E-state index contributed by atoms with van der Waals surface area (Å²) in [7, 11) is 0. The van der Waals surface area contributed by atoms with Gasteiger partial charge < -0.3 is 5.11 Å². The van der Waals surface area contributed by atoms with Gasteiger partial charge in [0.05, 0.1) is 0 Å². The first-order valence-electron chi connectivity index (χ1n) is 5.11. The number of carbonyl (C=O) groups is 1. The van der Waals surface area contributed by atoms with E-state index in [-0.39, 0.29) is 0 Å². The van der Waals surface area contributed by atoms with Crippen LogP contribution in [0.15, 0.2) is 29.2 Å². The van der Waals surface area contributed by atoms with Gasteiger partial charge in [0.1, 0.15) is 4.75 Å². The highest BCUT2D eigenvalue weighted by molar-refractivity contribution is 8.01. The molecule has 0 bridgehead atoms. The van der Waals surface area contributed by atoms with Gasteiger partial charge in [0, 0.05) is 4.90 Å². The maximum atomic E-state index is 11.2. The number of hydrogen-bond donors (Lipinski definition) is 1. The Balaban J connectivity index is 2.13. The van der Waals surface area contributed by atoms with E-state index in [1.807, 2.05) is 31.2 Å². The zero-order chi connectivity index (χ0) is 10.9. The Bertz CT molecular complexity index is 366. The summed E-state index contributed by atoms with van der Waals surface area (Å²) in [5.74, 6) is -0.667. The second-order valence-electron chi connectivity index (χ2n) is 4.07. The number of rotatable bonds is 3. The van der Waals surface area contributed by atoms with Gasteiger partial charge in [-0.25, -0.2) is 0 Å². The number of aliphatic carboxylic acids is 1. The highest BCUT2D eigenvalue weighted by Crippen LogP contribution is 2.47. The number of thioether (sulfide) groups is 1. The second-order valence-corrected chi connectivity index (χ2v) is 5.53. The molecule has 1 aromatic rings. The molecule has 0 aliphatic heterocycles. The molecule has 2 rings (SSSR count). The van der Waals surface area contributed by atoms with Gasteiger partial charge in [-0.2, -0.15) is 0 Å². The molecule has 1 saturated carbocycles. The van der Waals surface area contributed by atoms with Gasteiger partial charge in [0.2, 0.25) is 0 Å². The first-order valence-corrected chi connectivity index (χ1v) is 5.93. The topological polar surface area (TPSA) is 37.3 Å². The molecule has 0 heterocycles. The van der Waals surface area contributed by atoms with Crippen molar-refractivity contribution in [3.05, 3.63) is 29.8 Å². The fourth-order valence-corrected chi connectivity index (χ4v) is 2.99. The Morgan fingerprint density at radius 3 is 2.33 bits per heavy atom. The fourth-order valence-electron chi connectivity index (χ4n) is 1.69. The lowest BCUT2D eigenvalue weighted by Gasteiger charge is -2.36. The molecular weight excluding hydrogens is 208 g/mol. The van der Waals surface area contributed by atoms with Crippen LogP contribution in [-0.4, -0.2) is 15.8 Å². The van der Waals surface area contributed by atoms with Crippen LogP contribution >= 0.6 is 11.8 Å². The quantitative estimate of drug-likeness (QED) is 0.854. The third-order valence-electron chi connectivity index (χ3n) is 2.89. The minimum atomic E-state index is -0.667. The van der Waals surface area contributed by atoms with E-state index >= 15 is 0 Å². The Morgan fingerprint density at radius 2 is 1.93 bits per heavy atom. The molecule has 1 N–H and O–H groups in total. The molecule has 0 spiro atoms. The van der Waals surface area contributed by atoms with Crippen LogP contribution < -0.4 is 0 Å². The first kappa shape index (κ1) is 10.6. The predicted octanol–water partition coefficient (Wildman–Crippen LogP) is 3.09. The Kier molecular flexibility index (Phi) is 2.74. The molecule has 1 fully saturated rings. The van der Waals surface area contributed by atoms with Gasteiger partial charge in [-0.05, 0) is 38.3 Å². The SMILES string of the molecule is Cc1ccc(SC2(C(=O)O)CCC2)cc1. The summed E-state index contributed by atoms with van der Waals surface area (Å²) in [5, 5.41) is 9.18. The highest BCUT2D eigenvalue weighted by Gasteiger charge is 2.45. The van der Waals surface area contributed by atoms with E-state index in [2.05, 4.69) is 0 Å². The van der Waals surface area contributed by atoms with Crippen LogP contribution in [0.1, 0.15) is 24.8 Å². The summed E-state index contributed by atoms with van der Waals surface area (Å²) in [5.41, 5.74) is 1.21. The molecule has 0 saturated heterocycles.